The van der Waals surface area contributed by atoms with Crippen molar-refractivity contribution in [2.75, 3.05) is 11.9 Å². The molecular formula is C17H21NO3. The van der Waals surface area contributed by atoms with Gasteiger partial charge in [0.05, 0.1) is 5.92 Å². The second kappa shape index (κ2) is 7.07. The predicted octanol–water partition coefficient (Wildman–Crippen LogP) is 3.14. The number of rotatable bonds is 4. The molecule has 1 amide bonds. The predicted molar refractivity (Wildman–Crippen MR) is 82.0 cm³/mol. The van der Waals surface area contributed by atoms with E-state index in [1.807, 2.05) is 38.1 Å². The number of aryl methyl sites for hydroxylation is 2. The zero-order valence-corrected chi connectivity index (χ0v) is 12.5. The van der Waals surface area contributed by atoms with Crippen LogP contribution in [-0.2, 0) is 14.3 Å². The van der Waals surface area contributed by atoms with Gasteiger partial charge in [0.25, 0.3) is 5.91 Å². The molecule has 0 fully saturated rings. The molecule has 0 unspecified atom stereocenters. The highest BCUT2D eigenvalue weighted by molar-refractivity contribution is 5.94. The van der Waals surface area contributed by atoms with Gasteiger partial charge in [0.2, 0.25) is 0 Å². The van der Waals surface area contributed by atoms with Gasteiger partial charge in [-0.25, -0.2) is 0 Å². The smallest absolute Gasteiger partial charge is 0.309 e. The summed E-state index contributed by atoms with van der Waals surface area (Å²) in [6.07, 6.45) is 6.46. The normalized spacial score (nSPS) is 17.3. The van der Waals surface area contributed by atoms with Gasteiger partial charge in [0, 0.05) is 5.69 Å². The molecule has 2 rings (SSSR count). The van der Waals surface area contributed by atoms with Gasteiger partial charge in [-0.3, -0.25) is 9.59 Å². The van der Waals surface area contributed by atoms with E-state index in [-0.39, 0.29) is 24.4 Å². The fourth-order valence-corrected chi connectivity index (χ4v) is 2.45. The minimum atomic E-state index is -0.299. The summed E-state index contributed by atoms with van der Waals surface area (Å²) in [5, 5.41) is 2.81. The fourth-order valence-electron chi connectivity index (χ4n) is 2.45. The van der Waals surface area contributed by atoms with E-state index in [1.165, 1.54) is 0 Å². The van der Waals surface area contributed by atoms with Gasteiger partial charge in [-0.2, -0.15) is 0 Å². The number of nitrogens with one attached hydrogen (secondary N) is 1. The van der Waals surface area contributed by atoms with E-state index in [1.54, 1.807) is 0 Å². The second-order valence-electron chi connectivity index (χ2n) is 5.40. The number of benzene rings is 1. The number of carbonyl (C=O) groups is 2. The first kappa shape index (κ1) is 15.3. The number of hydrogen-bond donors (Lipinski definition) is 1. The highest BCUT2D eigenvalue weighted by atomic mass is 16.5. The lowest BCUT2D eigenvalue weighted by Crippen LogP contribution is -2.25. The van der Waals surface area contributed by atoms with E-state index in [4.69, 9.17) is 4.74 Å². The summed E-state index contributed by atoms with van der Waals surface area (Å²) >= 11 is 0. The van der Waals surface area contributed by atoms with E-state index in [0.29, 0.717) is 6.42 Å². The number of ether oxygens (including phenoxy) is 1. The van der Waals surface area contributed by atoms with Crippen LogP contribution in [0.15, 0.2) is 30.4 Å². The highest BCUT2D eigenvalue weighted by Crippen LogP contribution is 2.20. The molecule has 0 aliphatic heterocycles. The molecule has 1 N–H and O–H groups in total. The maximum Gasteiger partial charge on any atom is 0.309 e. The Hall–Kier alpha value is -2.10. The van der Waals surface area contributed by atoms with Crippen LogP contribution in [0.3, 0.4) is 0 Å². The van der Waals surface area contributed by atoms with Crippen LogP contribution in [0.1, 0.15) is 30.4 Å². The van der Waals surface area contributed by atoms with E-state index in [0.717, 1.165) is 29.7 Å². The fraction of sp³-hybridized carbons (Fsp3) is 0.412. The number of allylic oxidation sites excluding steroid dienone is 2. The molecule has 4 nitrogen and oxygen atoms in total. The van der Waals surface area contributed by atoms with Crippen molar-refractivity contribution in [3.05, 3.63) is 41.5 Å². The van der Waals surface area contributed by atoms with Gasteiger partial charge in [-0.05, 0) is 44.2 Å². The van der Waals surface area contributed by atoms with Crippen molar-refractivity contribution < 1.29 is 14.3 Å². The Labute approximate surface area is 125 Å². The van der Waals surface area contributed by atoms with Gasteiger partial charge in [-0.15, -0.1) is 0 Å². The van der Waals surface area contributed by atoms with Gasteiger partial charge < -0.3 is 10.1 Å². The lowest BCUT2D eigenvalue weighted by Gasteiger charge is -2.16. The van der Waals surface area contributed by atoms with Crippen molar-refractivity contribution in [1.82, 2.24) is 0 Å². The van der Waals surface area contributed by atoms with E-state index < -0.39 is 0 Å². The molecule has 1 aliphatic carbocycles. The summed E-state index contributed by atoms with van der Waals surface area (Å²) in [4.78, 5) is 23.8. The van der Waals surface area contributed by atoms with Gasteiger partial charge in [0.1, 0.15) is 0 Å². The second-order valence-corrected chi connectivity index (χ2v) is 5.40. The molecule has 0 radical (unpaired) electrons. The largest absolute Gasteiger partial charge is 0.455 e. The molecule has 1 aromatic rings. The molecule has 21 heavy (non-hydrogen) atoms. The average molecular weight is 287 g/mol. The number of para-hydroxylation sites is 1. The van der Waals surface area contributed by atoms with Crippen LogP contribution in [0, 0.1) is 19.8 Å². The SMILES string of the molecule is Cc1cccc(C)c1NC(=O)COC(=O)[C@H]1CC=CCC1. The summed E-state index contributed by atoms with van der Waals surface area (Å²) in [5.41, 5.74) is 2.78. The molecule has 0 spiro atoms. The van der Waals surface area contributed by atoms with Crippen LogP contribution in [-0.4, -0.2) is 18.5 Å². The van der Waals surface area contributed by atoms with Crippen molar-refractivity contribution in [2.24, 2.45) is 5.92 Å². The first-order valence-electron chi connectivity index (χ1n) is 7.25. The first-order chi connectivity index (χ1) is 10.1. The Balaban J connectivity index is 1.85. The third kappa shape index (κ3) is 4.18. The van der Waals surface area contributed by atoms with E-state index in [2.05, 4.69) is 11.4 Å². The zero-order valence-electron chi connectivity index (χ0n) is 12.5. The summed E-state index contributed by atoms with van der Waals surface area (Å²) in [5.74, 6) is -0.689. The van der Waals surface area contributed by atoms with E-state index >= 15 is 0 Å². The third-order valence-electron chi connectivity index (χ3n) is 3.69. The maximum absolute atomic E-state index is 11.9. The molecule has 0 saturated carbocycles. The number of esters is 1. The Morgan fingerprint density at radius 3 is 2.57 bits per heavy atom. The number of amides is 1. The maximum atomic E-state index is 11.9. The molecule has 1 aromatic carbocycles. The minimum Gasteiger partial charge on any atom is -0.455 e. The van der Waals surface area contributed by atoms with E-state index in [9.17, 15) is 9.59 Å². The van der Waals surface area contributed by atoms with Gasteiger partial charge in [0.15, 0.2) is 6.61 Å². The standard InChI is InChI=1S/C17H21NO3/c1-12-7-6-8-13(2)16(12)18-15(19)11-21-17(20)14-9-4-3-5-10-14/h3-4,6-8,14H,5,9-11H2,1-2H3,(H,18,19)/t14-/m0/s1. The van der Waals surface area contributed by atoms with Gasteiger partial charge >= 0.3 is 5.97 Å². The lowest BCUT2D eigenvalue weighted by molar-refractivity contribution is -0.151. The molecule has 112 valence electrons. The van der Waals surface area contributed by atoms with Crippen LogP contribution in [0.25, 0.3) is 0 Å². The summed E-state index contributed by atoms with van der Waals surface area (Å²) in [7, 11) is 0. The topological polar surface area (TPSA) is 55.4 Å². The molecule has 0 saturated heterocycles. The lowest BCUT2D eigenvalue weighted by atomic mass is 9.95. The molecule has 0 aromatic heterocycles. The molecule has 1 atom stereocenters. The number of hydrogen-bond acceptors (Lipinski definition) is 3. The van der Waals surface area contributed by atoms with Crippen molar-refractivity contribution in [3.63, 3.8) is 0 Å². The summed E-state index contributed by atoms with van der Waals surface area (Å²) in [6.45, 7) is 3.64. The molecule has 1 aliphatic rings. The first-order valence-corrected chi connectivity index (χ1v) is 7.25. The quantitative estimate of drug-likeness (QED) is 0.683. The summed E-state index contributed by atoms with van der Waals surface area (Å²) < 4.78 is 5.11. The Bertz CT molecular complexity index is 543. The van der Waals surface area contributed by atoms with Crippen LogP contribution < -0.4 is 5.32 Å². The van der Waals surface area contributed by atoms with Gasteiger partial charge in [-0.1, -0.05) is 30.4 Å². The highest BCUT2D eigenvalue weighted by Gasteiger charge is 2.21. The molecule has 0 bridgehead atoms. The Morgan fingerprint density at radius 1 is 1.24 bits per heavy atom. The Kier molecular flexibility index (Phi) is 5.14. The van der Waals surface area contributed by atoms with Crippen LogP contribution in [0.4, 0.5) is 5.69 Å². The van der Waals surface area contributed by atoms with Crippen LogP contribution >= 0.6 is 0 Å². The zero-order chi connectivity index (χ0) is 15.2. The van der Waals surface area contributed by atoms with Crippen LogP contribution in [0.5, 0.6) is 0 Å². The molecular weight excluding hydrogens is 266 g/mol. The molecule has 4 heteroatoms. The van der Waals surface area contributed by atoms with Crippen molar-refractivity contribution >= 4 is 17.6 Å². The average Bonchev–Trinajstić information content (AvgIpc) is 2.49. The van der Waals surface area contributed by atoms with Crippen LogP contribution in [0.2, 0.25) is 0 Å². The van der Waals surface area contributed by atoms with Crippen molar-refractivity contribution in [2.45, 2.75) is 33.1 Å². The monoisotopic (exact) mass is 287 g/mol. The minimum absolute atomic E-state index is 0.108. The Morgan fingerprint density at radius 2 is 1.95 bits per heavy atom. The summed E-state index contributed by atoms with van der Waals surface area (Å²) in [6, 6.07) is 5.81. The van der Waals surface area contributed by atoms with Crippen molar-refractivity contribution in [1.29, 1.82) is 0 Å². The third-order valence-corrected chi connectivity index (χ3v) is 3.69. The van der Waals surface area contributed by atoms with Crippen molar-refractivity contribution in [3.8, 4) is 0 Å². The number of carbonyl (C=O) groups excluding carboxylic acids is 2. The number of anilines is 1. The molecule has 0 heterocycles.